The maximum atomic E-state index is 13.0. The van der Waals surface area contributed by atoms with Crippen molar-refractivity contribution in [3.63, 3.8) is 0 Å². The molecule has 0 saturated heterocycles. The van der Waals surface area contributed by atoms with Gasteiger partial charge in [-0.25, -0.2) is 9.13 Å². The van der Waals surface area contributed by atoms with E-state index in [-0.39, 0.29) is 19.3 Å². The van der Waals surface area contributed by atoms with Crippen molar-refractivity contribution in [1.82, 2.24) is 0 Å². The molecule has 0 radical (unpaired) electrons. The number of phosphoric ester groups is 2. The predicted molar refractivity (Wildman–Crippen MR) is 454 cm³/mol. The summed E-state index contributed by atoms with van der Waals surface area (Å²) < 4.78 is 61.3. The lowest BCUT2D eigenvalue weighted by Gasteiger charge is -2.21. The van der Waals surface area contributed by atoms with Crippen molar-refractivity contribution in [3.05, 3.63) is 134 Å². The van der Waals surface area contributed by atoms with Crippen LogP contribution >= 0.6 is 15.6 Å². The summed E-state index contributed by atoms with van der Waals surface area (Å²) in [6, 6.07) is 0. The standard InChI is InChI=1S/C91H158O16P2/c1-4-7-10-13-16-19-22-25-27-29-31-33-35-37-39-41-42-44-46-47-49-51-53-55-57-60-62-65-68-71-74-77-89(94)101-80-86(92)81-103-108(97,98)104-82-87(93)83-105-109(99,100)106-85-88(107-91(96)79-76-73-70-67-64-59-24-21-18-15-12-9-6-3)84-102-90(95)78-75-72-69-66-63-61-58-56-54-52-50-48-45-43-40-38-36-34-32-30-28-26-23-20-17-14-11-8-5-2/h7,10,12,15-17,19-21,24-28,31-34,37-40,86-88,92-93H,4-6,8-9,11,13-14,18,22-23,29-30,35-36,41-85H2,1-3H3,(H,97,98)(H,99,100)/b10-7-,15-12-,19-16-,20-17-,24-21-,27-25-,28-26-,33-31-,34-32-,39-37-,40-38-. The van der Waals surface area contributed by atoms with Crippen LogP contribution in [0.3, 0.4) is 0 Å². The van der Waals surface area contributed by atoms with Gasteiger partial charge >= 0.3 is 33.6 Å². The molecule has 0 aliphatic carbocycles. The first-order valence-corrected chi connectivity index (χ1v) is 46.5. The number of carbonyl (C=O) groups is 3. The maximum Gasteiger partial charge on any atom is 0.472 e. The third-order valence-corrected chi connectivity index (χ3v) is 20.2. The molecule has 4 N–H and O–H groups in total. The lowest BCUT2D eigenvalue weighted by molar-refractivity contribution is -0.161. The summed E-state index contributed by atoms with van der Waals surface area (Å²) in [5.74, 6) is -1.58. The van der Waals surface area contributed by atoms with Crippen LogP contribution in [0.4, 0.5) is 0 Å². The van der Waals surface area contributed by atoms with E-state index in [1.165, 1.54) is 154 Å². The predicted octanol–water partition coefficient (Wildman–Crippen LogP) is 26.2. The summed E-state index contributed by atoms with van der Waals surface area (Å²) in [4.78, 5) is 58.8. The molecule has 16 nitrogen and oxygen atoms in total. The number of hydrogen-bond donors (Lipinski definition) is 4. The fraction of sp³-hybridized carbons (Fsp3) is 0.725. The third-order valence-electron chi connectivity index (χ3n) is 18.3. The highest BCUT2D eigenvalue weighted by Gasteiger charge is 2.29. The Balaban J connectivity index is 4.44. The largest absolute Gasteiger partial charge is 0.472 e. The van der Waals surface area contributed by atoms with Crippen LogP contribution in [-0.2, 0) is 55.8 Å². The van der Waals surface area contributed by atoms with Gasteiger partial charge in [-0.05, 0) is 135 Å². The van der Waals surface area contributed by atoms with Gasteiger partial charge in [0.2, 0.25) is 0 Å². The summed E-state index contributed by atoms with van der Waals surface area (Å²) in [7, 11) is -9.80. The fourth-order valence-corrected chi connectivity index (χ4v) is 13.3. The second kappa shape index (κ2) is 83.1. The number of phosphoric acid groups is 2. The molecule has 0 aromatic rings. The Labute approximate surface area is 665 Å². The van der Waals surface area contributed by atoms with Crippen LogP contribution in [0.2, 0.25) is 0 Å². The number of aliphatic hydroxyl groups is 2. The van der Waals surface area contributed by atoms with Crippen LogP contribution in [0.5, 0.6) is 0 Å². The number of unbranched alkanes of at least 4 members (excludes halogenated alkanes) is 37. The zero-order chi connectivity index (χ0) is 79.4. The quantitative estimate of drug-likeness (QED) is 0.0146. The van der Waals surface area contributed by atoms with E-state index in [1.807, 2.05) is 0 Å². The van der Waals surface area contributed by atoms with E-state index in [9.17, 15) is 43.5 Å². The minimum atomic E-state index is -4.94. The first kappa shape index (κ1) is 105. The molecule has 18 heteroatoms. The Bertz CT molecular complexity index is 2510. The smallest absolute Gasteiger partial charge is 0.463 e. The lowest BCUT2D eigenvalue weighted by Crippen LogP contribution is -2.30. The molecule has 0 bridgehead atoms. The molecular formula is C91H158O16P2. The SMILES string of the molecule is CC/C=C\C/C=C\C/C=C\C/C=C\C/C=C\CCCCCCCCCCCCCCCCCC(=O)OCC(O)COP(=O)(O)OCC(O)COP(=O)(O)OCC(COC(=O)CCCCCCCCCCCCCCC/C=C\C/C=C\C/C=C\C/C=C\CCCCC)OC(=O)CCCCCCC/C=C\C/C=C\CCC. The van der Waals surface area contributed by atoms with Gasteiger partial charge in [0.15, 0.2) is 6.10 Å². The molecule has 0 aliphatic heterocycles. The van der Waals surface area contributed by atoms with Crippen LogP contribution in [0, 0.1) is 0 Å². The van der Waals surface area contributed by atoms with Gasteiger partial charge in [0.25, 0.3) is 0 Å². The van der Waals surface area contributed by atoms with Crippen molar-refractivity contribution < 1.29 is 75.8 Å². The van der Waals surface area contributed by atoms with Crippen LogP contribution in [-0.4, -0.2) is 95.9 Å². The summed E-state index contributed by atoms with van der Waals surface area (Å²) in [6.45, 7) is 2.49. The van der Waals surface area contributed by atoms with E-state index < -0.39 is 91.5 Å². The lowest BCUT2D eigenvalue weighted by atomic mass is 10.0. The minimum absolute atomic E-state index is 0.0874. The average Bonchev–Trinajstić information content (AvgIpc) is 0.916. The summed E-state index contributed by atoms with van der Waals surface area (Å²) >= 11 is 0. The van der Waals surface area contributed by atoms with E-state index in [4.69, 9.17) is 32.3 Å². The molecule has 0 saturated carbocycles. The Kier molecular flexibility index (Phi) is 79.8. The van der Waals surface area contributed by atoms with Gasteiger partial charge in [0.1, 0.15) is 25.4 Å². The third kappa shape index (κ3) is 84.4. The zero-order valence-corrected chi connectivity index (χ0v) is 70.7. The Morgan fingerprint density at radius 2 is 0.505 bits per heavy atom. The number of rotatable bonds is 82. The summed E-state index contributed by atoms with van der Waals surface area (Å²) in [5.41, 5.74) is 0. The molecule has 5 atom stereocenters. The molecule has 0 rings (SSSR count). The van der Waals surface area contributed by atoms with E-state index >= 15 is 0 Å². The average molecular weight is 1570 g/mol. The number of hydrogen-bond acceptors (Lipinski definition) is 14. The summed E-state index contributed by atoms with van der Waals surface area (Å²) in [6.07, 6.45) is 102. The van der Waals surface area contributed by atoms with E-state index in [0.29, 0.717) is 19.3 Å². The van der Waals surface area contributed by atoms with Crippen molar-refractivity contribution in [1.29, 1.82) is 0 Å². The molecule has 0 fully saturated rings. The molecule has 109 heavy (non-hydrogen) atoms. The Hall–Kier alpha value is -4.31. The highest BCUT2D eigenvalue weighted by atomic mass is 31.2. The molecule has 0 amide bonds. The van der Waals surface area contributed by atoms with Crippen molar-refractivity contribution in [2.24, 2.45) is 0 Å². The first-order chi connectivity index (χ1) is 53.2. The highest BCUT2D eigenvalue weighted by molar-refractivity contribution is 7.47. The van der Waals surface area contributed by atoms with E-state index in [0.717, 1.165) is 154 Å². The first-order valence-electron chi connectivity index (χ1n) is 43.5. The Morgan fingerprint density at radius 3 is 0.807 bits per heavy atom. The second-order valence-corrected chi connectivity index (χ2v) is 31.9. The molecule has 628 valence electrons. The van der Waals surface area contributed by atoms with Crippen molar-refractivity contribution in [2.45, 2.75) is 386 Å². The van der Waals surface area contributed by atoms with Gasteiger partial charge in [-0.3, -0.25) is 32.5 Å². The maximum absolute atomic E-state index is 13.0. The number of ether oxygens (including phenoxy) is 3. The number of esters is 3. The topological polar surface area (TPSA) is 231 Å². The van der Waals surface area contributed by atoms with Gasteiger partial charge < -0.3 is 34.2 Å². The van der Waals surface area contributed by atoms with E-state index in [1.54, 1.807) is 0 Å². The van der Waals surface area contributed by atoms with Gasteiger partial charge in [-0.15, -0.1) is 0 Å². The molecule has 0 aromatic heterocycles. The minimum Gasteiger partial charge on any atom is -0.463 e. The second-order valence-electron chi connectivity index (χ2n) is 29.0. The molecule has 0 aliphatic rings. The van der Waals surface area contributed by atoms with Gasteiger partial charge in [-0.1, -0.05) is 347 Å². The Morgan fingerprint density at radius 1 is 0.266 bits per heavy atom. The molecule has 0 aromatic carbocycles. The van der Waals surface area contributed by atoms with Crippen molar-refractivity contribution >= 4 is 33.6 Å². The zero-order valence-electron chi connectivity index (χ0n) is 68.9. The van der Waals surface area contributed by atoms with Crippen LogP contribution in [0.1, 0.15) is 367 Å². The van der Waals surface area contributed by atoms with Crippen LogP contribution in [0.15, 0.2) is 134 Å². The number of carbonyl (C=O) groups excluding carboxylic acids is 3. The molecular weight excluding hydrogens is 1410 g/mol. The fourth-order valence-electron chi connectivity index (χ4n) is 11.7. The van der Waals surface area contributed by atoms with Crippen LogP contribution in [0.25, 0.3) is 0 Å². The monoisotopic (exact) mass is 1570 g/mol. The van der Waals surface area contributed by atoms with Gasteiger partial charge in [0, 0.05) is 19.3 Å². The van der Waals surface area contributed by atoms with Crippen molar-refractivity contribution in [3.8, 4) is 0 Å². The van der Waals surface area contributed by atoms with Crippen LogP contribution < -0.4 is 0 Å². The highest BCUT2D eigenvalue weighted by Crippen LogP contribution is 2.45. The van der Waals surface area contributed by atoms with Gasteiger partial charge in [0.05, 0.1) is 26.4 Å². The van der Waals surface area contributed by atoms with Crippen molar-refractivity contribution in [2.75, 3.05) is 39.6 Å². The molecule has 0 spiro atoms. The van der Waals surface area contributed by atoms with Gasteiger partial charge in [-0.2, -0.15) is 0 Å². The number of allylic oxidation sites excluding steroid dienone is 22. The normalized spacial score (nSPS) is 14.5. The molecule has 5 unspecified atom stereocenters. The number of aliphatic hydroxyl groups excluding tert-OH is 2. The van der Waals surface area contributed by atoms with E-state index in [2.05, 4.69) is 154 Å². The summed E-state index contributed by atoms with van der Waals surface area (Å²) in [5, 5.41) is 20.7. The molecule has 0 heterocycles.